The second-order valence-electron chi connectivity index (χ2n) is 1.30. The van der Waals surface area contributed by atoms with Crippen LogP contribution < -0.4 is 0 Å². The van der Waals surface area contributed by atoms with Gasteiger partial charge in [0.1, 0.15) is 0 Å². The predicted octanol–water partition coefficient (Wildman–Crippen LogP) is 0.525. The van der Waals surface area contributed by atoms with Gasteiger partial charge in [0.25, 0.3) is 0 Å². The maximum atomic E-state index is 9.83. The van der Waals surface area contributed by atoms with E-state index in [9.17, 15) is 10.1 Å². The minimum absolute atomic E-state index is 0. The third-order valence-electron chi connectivity index (χ3n) is 0.777. The van der Waals surface area contributed by atoms with Crippen LogP contribution in [-0.2, 0) is 17.1 Å². The molecule has 0 unspecified atom stereocenters. The summed E-state index contributed by atoms with van der Waals surface area (Å²) in [6.45, 7) is 0. The molecule has 1 heterocycles. The molecule has 0 N–H and O–H groups in total. The molecule has 1 aromatic rings. The van der Waals surface area contributed by atoms with Crippen LogP contribution in [0.4, 0.5) is 0 Å². The van der Waals surface area contributed by atoms with E-state index in [-0.39, 0.29) is 17.1 Å². The van der Waals surface area contributed by atoms with E-state index in [4.69, 9.17) is 0 Å². The first kappa shape index (κ1) is 8.20. The van der Waals surface area contributed by atoms with Crippen LogP contribution in [0.25, 0.3) is 0 Å². The molecular formula is C4H4MnN2O2. The van der Waals surface area contributed by atoms with Crippen molar-refractivity contribution in [3.63, 3.8) is 0 Å². The third kappa shape index (κ3) is 1.87. The molecule has 0 saturated carbocycles. The van der Waals surface area contributed by atoms with E-state index >= 15 is 0 Å². The number of nitro groups is 1. The van der Waals surface area contributed by atoms with Crippen molar-refractivity contribution < 1.29 is 22.1 Å². The molecule has 0 atom stereocenters. The smallest absolute Gasteiger partial charge is 0.169 e. The van der Waals surface area contributed by atoms with Gasteiger partial charge in [0.05, 0.1) is 12.4 Å². The van der Waals surface area contributed by atoms with E-state index in [1.165, 1.54) is 12.4 Å². The molecular weight excluding hydrogens is 163 g/mol. The maximum Gasteiger partial charge on any atom is 0.169 e. The molecule has 4 nitrogen and oxygen atoms in total. The zero-order valence-corrected chi connectivity index (χ0v) is 5.58. The first-order chi connectivity index (χ1) is 3.80. The molecule has 0 aliphatic rings. The summed E-state index contributed by atoms with van der Waals surface area (Å²) in [5.41, 5.74) is 0. The van der Waals surface area contributed by atoms with E-state index in [1.807, 2.05) is 0 Å². The van der Waals surface area contributed by atoms with Crippen LogP contribution in [0, 0.1) is 10.1 Å². The summed E-state index contributed by atoms with van der Waals surface area (Å²) < 4.78 is 0.889. The third-order valence-corrected chi connectivity index (χ3v) is 0.777. The van der Waals surface area contributed by atoms with Crippen molar-refractivity contribution in [3.8, 4) is 0 Å². The average Bonchev–Trinajstić information content (AvgIpc) is 2.12. The van der Waals surface area contributed by atoms with Gasteiger partial charge in [-0.1, -0.05) is 4.68 Å². The normalized spacial score (nSPS) is 8.00. The monoisotopic (exact) mass is 167 g/mol. The fourth-order valence-electron chi connectivity index (χ4n) is 0.434. The zero-order valence-electron chi connectivity index (χ0n) is 4.40. The van der Waals surface area contributed by atoms with Crippen molar-refractivity contribution >= 4 is 0 Å². The Labute approximate surface area is 62.1 Å². The quantitative estimate of drug-likeness (QED) is 0.348. The van der Waals surface area contributed by atoms with Gasteiger partial charge in [0.2, 0.25) is 0 Å². The molecule has 0 spiro atoms. The maximum absolute atomic E-state index is 9.83. The minimum atomic E-state index is -0.500. The van der Waals surface area contributed by atoms with E-state index in [1.54, 1.807) is 12.1 Å². The van der Waals surface area contributed by atoms with Crippen LogP contribution in [0.1, 0.15) is 0 Å². The topological polar surface area (TPSA) is 48.1 Å². The minimum Gasteiger partial charge on any atom is -0.234 e. The van der Waals surface area contributed by atoms with Crippen LogP contribution in [0.15, 0.2) is 24.5 Å². The Bertz CT molecular complexity index is 184. The molecule has 0 amide bonds. The van der Waals surface area contributed by atoms with E-state index in [0.717, 1.165) is 4.68 Å². The van der Waals surface area contributed by atoms with Gasteiger partial charge in [-0.15, -0.1) is 0 Å². The van der Waals surface area contributed by atoms with Crippen molar-refractivity contribution in [1.82, 2.24) is 4.68 Å². The van der Waals surface area contributed by atoms with Crippen molar-refractivity contribution in [2.24, 2.45) is 0 Å². The van der Waals surface area contributed by atoms with Gasteiger partial charge in [-0.2, -0.15) is 0 Å². The van der Waals surface area contributed by atoms with E-state index in [2.05, 4.69) is 0 Å². The molecule has 0 fully saturated rings. The Morgan fingerprint density at radius 1 is 1.33 bits per heavy atom. The van der Waals surface area contributed by atoms with Crippen LogP contribution in [0.5, 0.6) is 0 Å². The van der Waals surface area contributed by atoms with Crippen molar-refractivity contribution in [2.45, 2.75) is 0 Å². The molecule has 0 saturated heterocycles. The Balaban J connectivity index is 0.000000640. The van der Waals surface area contributed by atoms with Crippen LogP contribution in [0.2, 0.25) is 0 Å². The summed E-state index contributed by atoms with van der Waals surface area (Å²) in [7, 11) is 0. The molecule has 5 heteroatoms. The first-order valence-corrected chi connectivity index (χ1v) is 2.08. The molecule has 0 bridgehead atoms. The summed E-state index contributed by atoms with van der Waals surface area (Å²) in [4.78, 5) is 9.83. The van der Waals surface area contributed by atoms with E-state index in [0.29, 0.717) is 0 Å². The summed E-state index contributed by atoms with van der Waals surface area (Å²) in [5, 5.41) is 9.33. The summed E-state index contributed by atoms with van der Waals surface area (Å²) in [6, 6.07) is 3.20. The van der Waals surface area contributed by atoms with Gasteiger partial charge in [-0.3, -0.25) is 0 Å². The summed E-state index contributed by atoms with van der Waals surface area (Å²) in [6.07, 6.45) is 2.75. The Kier molecular flexibility index (Phi) is 2.98. The molecule has 1 radical (unpaired) electrons. The second-order valence-corrected chi connectivity index (χ2v) is 1.30. The average molecular weight is 167 g/mol. The molecule has 0 aliphatic carbocycles. The SMILES string of the molecule is O=[N+]([O-])n1cccc1.[Mn]. The van der Waals surface area contributed by atoms with Crippen LogP contribution in [-0.4, -0.2) is 9.71 Å². The predicted molar refractivity (Wildman–Crippen MR) is 26.8 cm³/mol. The van der Waals surface area contributed by atoms with Crippen LogP contribution >= 0.6 is 0 Å². The Hall–Kier alpha value is -0.801. The van der Waals surface area contributed by atoms with Crippen LogP contribution in [0.3, 0.4) is 0 Å². The first-order valence-electron chi connectivity index (χ1n) is 2.08. The Morgan fingerprint density at radius 3 is 2.00 bits per heavy atom. The number of hydrogen-bond acceptors (Lipinski definition) is 2. The van der Waals surface area contributed by atoms with Gasteiger partial charge in [0, 0.05) is 17.1 Å². The largest absolute Gasteiger partial charge is 0.234 e. The number of rotatable bonds is 1. The molecule has 9 heavy (non-hydrogen) atoms. The molecule has 0 aromatic carbocycles. The van der Waals surface area contributed by atoms with Crippen molar-refractivity contribution in [1.29, 1.82) is 0 Å². The fraction of sp³-hybridized carbons (Fsp3) is 0. The van der Waals surface area contributed by atoms with Crippen molar-refractivity contribution in [3.05, 3.63) is 34.6 Å². The van der Waals surface area contributed by atoms with Gasteiger partial charge in [-0.05, 0) is 12.1 Å². The standard InChI is InChI=1S/C4H4N2O2.Mn/c7-6(8)5-3-1-2-4-5;/h1-4H;. The van der Waals surface area contributed by atoms with E-state index < -0.39 is 5.03 Å². The molecule has 1 aromatic heterocycles. The molecule has 0 aliphatic heterocycles. The Morgan fingerprint density at radius 2 is 1.78 bits per heavy atom. The summed E-state index contributed by atoms with van der Waals surface area (Å²) in [5.74, 6) is 0. The molecule has 1 rings (SSSR count). The van der Waals surface area contributed by atoms with Gasteiger partial charge < -0.3 is 0 Å². The molecule has 49 valence electrons. The van der Waals surface area contributed by atoms with Gasteiger partial charge in [-0.25, -0.2) is 10.1 Å². The van der Waals surface area contributed by atoms with Crippen molar-refractivity contribution in [2.75, 3.05) is 0 Å². The number of hydrogen-bond donors (Lipinski definition) is 0. The summed E-state index contributed by atoms with van der Waals surface area (Å²) >= 11 is 0. The zero-order chi connectivity index (χ0) is 5.98. The van der Waals surface area contributed by atoms with Gasteiger partial charge >= 0.3 is 0 Å². The fourth-order valence-corrected chi connectivity index (χ4v) is 0.434. The number of nitrogens with zero attached hydrogens (tertiary/aromatic N) is 2. The second kappa shape index (κ2) is 3.27. The van der Waals surface area contributed by atoms with Gasteiger partial charge in [0.15, 0.2) is 5.03 Å². The number of aromatic nitrogens is 1.